The van der Waals surface area contributed by atoms with E-state index in [4.69, 9.17) is 0 Å². The van der Waals surface area contributed by atoms with Crippen molar-refractivity contribution in [2.75, 3.05) is 32.7 Å². The van der Waals surface area contributed by atoms with Crippen LogP contribution in [0.3, 0.4) is 0 Å². The molecule has 8 heteroatoms. The van der Waals surface area contributed by atoms with Crippen LogP contribution < -0.4 is 5.32 Å². The summed E-state index contributed by atoms with van der Waals surface area (Å²) in [7, 11) is 0. The van der Waals surface area contributed by atoms with Crippen molar-refractivity contribution in [1.29, 1.82) is 0 Å². The van der Waals surface area contributed by atoms with E-state index in [-0.39, 0.29) is 17.9 Å². The highest BCUT2D eigenvalue weighted by atomic mass is 32.1. The molecule has 2 saturated heterocycles. The number of likely N-dealkylation sites (tertiary alicyclic amines) is 1. The third-order valence-corrected chi connectivity index (χ3v) is 7.98. The number of carbonyl (C=O) groups is 2. The lowest BCUT2D eigenvalue weighted by Crippen LogP contribution is -2.53. The van der Waals surface area contributed by atoms with Crippen LogP contribution in [0, 0.1) is 6.92 Å². The monoisotopic (exact) mass is 503 g/mol. The first kappa shape index (κ1) is 24.6. The minimum absolute atomic E-state index is 0.0580. The minimum atomic E-state index is -0.468. The zero-order chi connectivity index (χ0) is 24.9. The maximum absolute atomic E-state index is 13.7. The number of pyridine rings is 1. The zero-order valence-electron chi connectivity index (χ0n) is 20.7. The Bertz CT molecular complexity index is 1150. The van der Waals surface area contributed by atoms with Gasteiger partial charge in [0.25, 0.3) is 5.91 Å². The third kappa shape index (κ3) is 5.67. The normalized spacial score (nSPS) is 20.2. The SMILES string of the molecule is Cc1ccc(CN(Cc2cccs2)C2CC(C(=O)N3CCNCC3)N(C(=O)c3cccnc3)C2)cc1. The quantitative estimate of drug-likeness (QED) is 0.537. The summed E-state index contributed by atoms with van der Waals surface area (Å²) in [6, 6.07) is 16.0. The summed E-state index contributed by atoms with van der Waals surface area (Å²) in [6.45, 7) is 7.11. The van der Waals surface area contributed by atoms with E-state index in [0.717, 1.165) is 26.2 Å². The second-order valence-electron chi connectivity index (χ2n) is 9.65. The standard InChI is InChI=1S/C28H33N5O2S/c1-21-6-8-22(9-7-21)18-32(20-25-5-3-15-36-25)24-16-26(28(35)31-13-11-29-12-14-31)33(19-24)27(34)23-4-2-10-30-17-23/h2-10,15,17,24,26,29H,11-14,16,18-20H2,1H3. The van der Waals surface area contributed by atoms with E-state index >= 15 is 0 Å². The predicted octanol–water partition coefficient (Wildman–Crippen LogP) is 3.17. The topological polar surface area (TPSA) is 68.8 Å². The number of thiophene rings is 1. The van der Waals surface area contributed by atoms with Gasteiger partial charge < -0.3 is 15.1 Å². The molecule has 3 aromatic rings. The molecule has 2 aliphatic heterocycles. The number of rotatable bonds is 7. The van der Waals surface area contributed by atoms with Crippen LogP contribution in [0.5, 0.6) is 0 Å². The van der Waals surface area contributed by atoms with Gasteiger partial charge in [0.15, 0.2) is 0 Å². The Morgan fingerprint density at radius 2 is 1.89 bits per heavy atom. The van der Waals surface area contributed by atoms with E-state index in [9.17, 15) is 9.59 Å². The van der Waals surface area contributed by atoms with E-state index in [2.05, 4.69) is 63.9 Å². The van der Waals surface area contributed by atoms with Crippen LogP contribution in [0.2, 0.25) is 0 Å². The van der Waals surface area contributed by atoms with Crippen molar-refractivity contribution in [1.82, 2.24) is 25.0 Å². The summed E-state index contributed by atoms with van der Waals surface area (Å²) in [6.07, 6.45) is 3.89. The highest BCUT2D eigenvalue weighted by Crippen LogP contribution is 2.29. The predicted molar refractivity (Wildman–Crippen MR) is 142 cm³/mol. The van der Waals surface area contributed by atoms with Gasteiger partial charge in [-0.3, -0.25) is 19.5 Å². The van der Waals surface area contributed by atoms with Gasteiger partial charge in [0.1, 0.15) is 6.04 Å². The maximum Gasteiger partial charge on any atom is 0.256 e. The molecule has 36 heavy (non-hydrogen) atoms. The maximum atomic E-state index is 13.7. The van der Waals surface area contributed by atoms with Crippen molar-refractivity contribution < 1.29 is 9.59 Å². The van der Waals surface area contributed by atoms with Gasteiger partial charge in [-0.2, -0.15) is 0 Å². The number of carbonyl (C=O) groups excluding carboxylic acids is 2. The molecule has 0 aliphatic carbocycles. The first-order chi connectivity index (χ1) is 17.6. The molecule has 4 heterocycles. The van der Waals surface area contributed by atoms with E-state index in [1.807, 2.05) is 4.90 Å². The molecule has 2 atom stereocenters. The molecule has 2 fully saturated rings. The van der Waals surface area contributed by atoms with Crippen LogP contribution in [0.25, 0.3) is 0 Å². The molecule has 2 aliphatic rings. The number of nitrogens with zero attached hydrogens (tertiary/aromatic N) is 4. The number of aryl methyl sites for hydroxylation is 1. The first-order valence-corrected chi connectivity index (χ1v) is 13.5. The second kappa shape index (κ2) is 11.3. The van der Waals surface area contributed by atoms with Gasteiger partial charge in [0.05, 0.1) is 5.56 Å². The fourth-order valence-corrected chi connectivity index (χ4v) is 5.86. The average Bonchev–Trinajstić information content (AvgIpc) is 3.60. The fourth-order valence-electron chi connectivity index (χ4n) is 5.13. The fraction of sp³-hybridized carbons (Fsp3) is 0.393. The largest absolute Gasteiger partial charge is 0.338 e. The molecule has 0 saturated carbocycles. The van der Waals surface area contributed by atoms with Crippen LogP contribution in [-0.2, 0) is 17.9 Å². The van der Waals surface area contributed by atoms with Crippen LogP contribution in [0.4, 0.5) is 0 Å². The Kier molecular flexibility index (Phi) is 7.75. The molecule has 188 valence electrons. The van der Waals surface area contributed by atoms with E-state index in [1.165, 1.54) is 16.0 Å². The van der Waals surface area contributed by atoms with Crippen molar-refractivity contribution in [3.8, 4) is 0 Å². The van der Waals surface area contributed by atoms with Crippen molar-refractivity contribution in [2.24, 2.45) is 0 Å². The molecule has 0 radical (unpaired) electrons. The molecule has 0 bridgehead atoms. The summed E-state index contributed by atoms with van der Waals surface area (Å²) in [5, 5.41) is 5.41. The van der Waals surface area contributed by atoms with Gasteiger partial charge in [-0.15, -0.1) is 11.3 Å². The number of hydrogen-bond acceptors (Lipinski definition) is 6. The highest BCUT2D eigenvalue weighted by molar-refractivity contribution is 7.09. The Balaban J connectivity index is 1.42. The number of amides is 2. The van der Waals surface area contributed by atoms with E-state index in [1.54, 1.807) is 40.8 Å². The lowest BCUT2D eigenvalue weighted by atomic mass is 10.1. The molecule has 1 aromatic carbocycles. The minimum Gasteiger partial charge on any atom is -0.338 e. The highest BCUT2D eigenvalue weighted by Gasteiger charge is 2.43. The molecule has 2 aromatic heterocycles. The summed E-state index contributed by atoms with van der Waals surface area (Å²) in [5.74, 6) is -0.0619. The summed E-state index contributed by atoms with van der Waals surface area (Å²) < 4.78 is 0. The Labute approximate surface area is 216 Å². The summed E-state index contributed by atoms with van der Waals surface area (Å²) in [4.78, 5) is 38.9. The second-order valence-corrected chi connectivity index (χ2v) is 10.7. The molecule has 0 spiro atoms. The Morgan fingerprint density at radius 1 is 1.08 bits per heavy atom. The zero-order valence-corrected chi connectivity index (χ0v) is 21.5. The van der Waals surface area contributed by atoms with Gasteiger partial charge in [-0.1, -0.05) is 35.9 Å². The lowest BCUT2D eigenvalue weighted by Gasteiger charge is -2.32. The Hall–Kier alpha value is -3.07. The number of benzene rings is 1. The van der Waals surface area contributed by atoms with Crippen LogP contribution in [0.15, 0.2) is 66.3 Å². The molecule has 2 unspecified atom stereocenters. The van der Waals surface area contributed by atoms with Crippen LogP contribution in [0.1, 0.15) is 32.8 Å². The average molecular weight is 504 g/mol. The number of piperazine rings is 1. The summed E-state index contributed by atoms with van der Waals surface area (Å²) in [5.41, 5.74) is 3.00. The van der Waals surface area contributed by atoms with Gasteiger partial charge in [-0.05, 0) is 42.5 Å². The van der Waals surface area contributed by atoms with E-state index in [0.29, 0.717) is 31.6 Å². The summed E-state index contributed by atoms with van der Waals surface area (Å²) >= 11 is 1.74. The van der Waals surface area contributed by atoms with Crippen molar-refractivity contribution >= 4 is 23.2 Å². The van der Waals surface area contributed by atoms with Crippen LogP contribution in [-0.4, -0.2) is 76.3 Å². The number of nitrogens with one attached hydrogen (secondary N) is 1. The number of hydrogen-bond donors (Lipinski definition) is 1. The molecular formula is C28H33N5O2S. The molecular weight excluding hydrogens is 470 g/mol. The van der Waals surface area contributed by atoms with Gasteiger partial charge >= 0.3 is 0 Å². The smallest absolute Gasteiger partial charge is 0.256 e. The molecule has 5 rings (SSSR count). The molecule has 7 nitrogen and oxygen atoms in total. The van der Waals surface area contributed by atoms with Crippen LogP contribution >= 0.6 is 11.3 Å². The van der Waals surface area contributed by atoms with Crippen molar-refractivity contribution in [2.45, 2.75) is 38.5 Å². The third-order valence-electron chi connectivity index (χ3n) is 7.12. The van der Waals surface area contributed by atoms with Crippen molar-refractivity contribution in [3.05, 3.63) is 87.9 Å². The first-order valence-electron chi connectivity index (χ1n) is 12.6. The van der Waals surface area contributed by atoms with E-state index < -0.39 is 6.04 Å². The lowest BCUT2D eigenvalue weighted by molar-refractivity contribution is -0.135. The number of aromatic nitrogens is 1. The molecule has 2 amide bonds. The van der Waals surface area contributed by atoms with Crippen molar-refractivity contribution in [3.63, 3.8) is 0 Å². The van der Waals surface area contributed by atoms with Gasteiger partial charge in [-0.25, -0.2) is 0 Å². The molecule has 1 N–H and O–H groups in total. The van der Waals surface area contributed by atoms with Gasteiger partial charge in [0, 0.05) is 69.1 Å². The Morgan fingerprint density at radius 3 is 2.58 bits per heavy atom. The van der Waals surface area contributed by atoms with Gasteiger partial charge in [0.2, 0.25) is 5.91 Å².